The number of piperidine rings is 1. The minimum Gasteiger partial charge on any atom is -0.396 e. The lowest BCUT2D eigenvalue weighted by atomic mass is 9.98. The number of rotatable bonds is 8. The molecule has 1 aromatic heterocycles. The van der Waals surface area contributed by atoms with E-state index in [1.54, 1.807) is 0 Å². The molecule has 0 amide bonds. The molecule has 2 rings (SSSR count). The second kappa shape index (κ2) is 9.00. The second-order valence-corrected chi connectivity index (χ2v) is 6.04. The third kappa shape index (κ3) is 5.29. The molecule has 0 saturated carbocycles. The summed E-state index contributed by atoms with van der Waals surface area (Å²) in [7, 11) is 0. The fourth-order valence-electron chi connectivity index (χ4n) is 3.17. The molecule has 118 valence electrons. The van der Waals surface area contributed by atoms with E-state index in [0.29, 0.717) is 18.6 Å². The van der Waals surface area contributed by atoms with E-state index < -0.39 is 0 Å². The number of nitrogens with zero attached hydrogens (tertiary/aromatic N) is 2. The van der Waals surface area contributed by atoms with E-state index in [1.807, 2.05) is 12.4 Å². The Labute approximate surface area is 128 Å². The van der Waals surface area contributed by atoms with Crippen molar-refractivity contribution in [3.8, 4) is 0 Å². The normalized spacial score (nSPS) is 17.9. The minimum atomic E-state index is 0.312. The lowest BCUT2D eigenvalue weighted by Gasteiger charge is -2.34. The van der Waals surface area contributed by atoms with Gasteiger partial charge in [0.25, 0.3) is 0 Å². The maximum absolute atomic E-state index is 9.12. The second-order valence-electron chi connectivity index (χ2n) is 6.04. The highest BCUT2D eigenvalue weighted by Gasteiger charge is 2.19. The molecule has 1 aliphatic rings. The van der Waals surface area contributed by atoms with Gasteiger partial charge in [0.05, 0.1) is 0 Å². The van der Waals surface area contributed by atoms with Gasteiger partial charge in [-0.3, -0.25) is 4.98 Å². The highest BCUT2D eigenvalue weighted by atomic mass is 16.3. The lowest BCUT2D eigenvalue weighted by Crippen LogP contribution is -2.44. The molecule has 0 aromatic carbocycles. The Balaban J connectivity index is 1.71. The quantitative estimate of drug-likeness (QED) is 0.772. The van der Waals surface area contributed by atoms with Gasteiger partial charge in [0, 0.05) is 43.8 Å². The van der Waals surface area contributed by atoms with Crippen LogP contribution < -0.4 is 10.2 Å². The van der Waals surface area contributed by atoms with Crippen LogP contribution >= 0.6 is 0 Å². The zero-order valence-electron chi connectivity index (χ0n) is 13.2. The van der Waals surface area contributed by atoms with E-state index in [1.165, 1.54) is 31.4 Å². The van der Waals surface area contributed by atoms with Crippen molar-refractivity contribution >= 4 is 5.69 Å². The third-order valence-corrected chi connectivity index (χ3v) is 4.45. The molecule has 2 heterocycles. The van der Waals surface area contributed by atoms with Crippen molar-refractivity contribution in [1.82, 2.24) is 10.3 Å². The molecule has 0 radical (unpaired) electrons. The molecule has 4 heteroatoms. The van der Waals surface area contributed by atoms with Gasteiger partial charge in [0.1, 0.15) is 0 Å². The van der Waals surface area contributed by atoms with Crippen molar-refractivity contribution in [2.24, 2.45) is 5.92 Å². The molecule has 21 heavy (non-hydrogen) atoms. The van der Waals surface area contributed by atoms with Gasteiger partial charge < -0.3 is 15.3 Å². The number of hydrogen-bond acceptors (Lipinski definition) is 4. The molecular formula is C17H29N3O. The first-order valence-electron chi connectivity index (χ1n) is 8.32. The highest BCUT2D eigenvalue weighted by Crippen LogP contribution is 2.19. The SMILES string of the molecule is CCCC(CCO)CNC1CCN(c2ccncc2)CC1. The van der Waals surface area contributed by atoms with E-state index in [0.717, 1.165) is 26.1 Å². The largest absolute Gasteiger partial charge is 0.396 e. The van der Waals surface area contributed by atoms with Gasteiger partial charge in [-0.1, -0.05) is 13.3 Å². The maximum atomic E-state index is 9.12. The Bertz CT molecular complexity index is 371. The summed E-state index contributed by atoms with van der Waals surface area (Å²) in [5.74, 6) is 0.623. The summed E-state index contributed by atoms with van der Waals surface area (Å²) in [4.78, 5) is 6.52. The molecule has 1 atom stereocenters. The standard InChI is InChI=1S/C17H29N3O/c1-2-3-15(8-13-21)14-19-16-6-11-20(12-7-16)17-4-9-18-10-5-17/h4-5,9-10,15-16,19,21H,2-3,6-8,11-14H2,1H3. The first-order valence-corrected chi connectivity index (χ1v) is 8.32. The first kappa shape index (κ1) is 16.2. The zero-order chi connectivity index (χ0) is 14.9. The van der Waals surface area contributed by atoms with Crippen LogP contribution in [0.3, 0.4) is 0 Å². The van der Waals surface area contributed by atoms with Gasteiger partial charge in [-0.2, -0.15) is 0 Å². The van der Waals surface area contributed by atoms with Crippen molar-refractivity contribution in [1.29, 1.82) is 0 Å². The maximum Gasteiger partial charge on any atom is 0.0434 e. The van der Waals surface area contributed by atoms with E-state index in [-0.39, 0.29) is 0 Å². The predicted molar refractivity (Wildman–Crippen MR) is 87.6 cm³/mol. The predicted octanol–water partition coefficient (Wildman–Crippen LogP) is 2.44. The Hall–Kier alpha value is -1.13. The van der Waals surface area contributed by atoms with Gasteiger partial charge in [-0.05, 0) is 50.3 Å². The average Bonchev–Trinajstić information content (AvgIpc) is 2.54. The van der Waals surface area contributed by atoms with Crippen LogP contribution in [0.2, 0.25) is 0 Å². The molecule has 1 aromatic rings. The number of pyridine rings is 1. The fourth-order valence-corrected chi connectivity index (χ4v) is 3.17. The van der Waals surface area contributed by atoms with Crippen molar-refractivity contribution in [3.63, 3.8) is 0 Å². The van der Waals surface area contributed by atoms with Gasteiger partial charge in [-0.25, -0.2) is 0 Å². The number of aromatic nitrogens is 1. The van der Waals surface area contributed by atoms with Crippen LogP contribution in [0, 0.1) is 5.92 Å². The van der Waals surface area contributed by atoms with E-state index in [4.69, 9.17) is 5.11 Å². The summed E-state index contributed by atoms with van der Waals surface area (Å²) < 4.78 is 0. The van der Waals surface area contributed by atoms with Crippen molar-refractivity contribution in [2.75, 3.05) is 31.1 Å². The van der Waals surface area contributed by atoms with Crippen LogP contribution in [-0.2, 0) is 0 Å². The molecule has 4 nitrogen and oxygen atoms in total. The number of nitrogens with one attached hydrogen (secondary N) is 1. The molecule has 1 aliphatic heterocycles. The highest BCUT2D eigenvalue weighted by molar-refractivity contribution is 5.44. The summed E-state index contributed by atoms with van der Waals surface area (Å²) in [6.07, 6.45) is 9.46. The number of aliphatic hydroxyl groups excluding tert-OH is 1. The molecular weight excluding hydrogens is 262 g/mol. The van der Waals surface area contributed by atoms with Crippen LogP contribution in [0.25, 0.3) is 0 Å². The smallest absolute Gasteiger partial charge is 0.0434 e. The lowest BCUT2D eigenvalue weighted by molar-refractivity contribution is 0.242. The molecule has 0 spiro atoms. The molecule has 2 N–H and O–H groups in total. The summed E-state index contributed by atoms with van der Waals surface area (Å²) >= 11 is 0. The fraction of sp³-hybridized carbons (Fsp3) is 0.706. The molecule has 0 bridgehead atoms. The number of aliphatic hydroxyl groups is 1. The van der Waals surface area contributed by atoms with Crippen LogP contribution in [0.15, 0.2) is 24.5 Å². The van der Waals surface area contributed by atoms with Crippen molar-refractivity contribution in [2.45, 2.75) is 45.1 Å². The summed E-state index contributed by atoms with van der Waals surface area (Å²) in [5.41, 5.74) is 1.28. The topological polar surface area (TPSA) is 48.4 Å². The molecule has 1 saturated heterocycles. The van der Waals surface area contributed by atoms with E-state index in [9.17, 15) is 0 Å². The van der Waals surface area contributed by atoms with Crippen molar-refractivity contribution < 1.29 is 5.11 Å². The summed E-state index contributed by atoms with van der Waals surface area (Å²) in [6.45, 7) is 5.80. The Morgan fingerprint density at radius 1 is 1.29 bits per heavy atom. The Morgan fingerprint density at radius 3 is 2.62 bits per heavy atom. The van der Waals surface area contributed by atoms with Crippen molar-refractivity contribution in [3.05, 3.63) is 24.5 Å². The molecule has 1 unspecified atom stereocenters. The Morgan fingerprint density at radius 2 is 2.00 bits per heavy atom. The van der Waals surface area contributed by atoms with E-state index >= 15 is 0 Å². The van der Waals surface area contributed by atoms with Crippen LogP contribution in [0.4, 0.5) is 5.69 Å². The van der Waals surface area contributed by atoms with Gasteiger partial charge in [0.2, 0.25) is 0 Å². The average molecular weight is 291 g/mol. The van der Waals surface area contributed by atoms with Crippen LogP contribution in [-0.4, -0.2) is 42.4 Å². The number of anilines is 1. The summed E-state index contributed by atoms with van der Waals surface area (Å²) in [5, 5.41) is 12.8. The first-order chi connectivity index (χ1) is 10.3. The zero-order valence-corrected chi connectivity index (χ0v) is 13.2. The van der Waals surface area contributed by atoms with E-state index in [2.05, 4.69) is 34.3 Å². The molecule has 0 aliphatic carbocycles. The van der Waals surface area contributed by atoms with Gasteiger partial charge >= 0.3 is 0 Å². The van der Waals surface area contributed by atoms with Crippen LogP contribution in [0.1, 0.15) is 39.0 Å². The summed E-state index contributed by atoms with van der Waals surface area (Å²) in [6, 6.07) is 4.81. The van der Waals surface area contributed by atoms with Crippen LogP contribution in [0.5, 0.6) is 0 Å². The van der Waals surface area contributed by atoms with Gasteiger partial charge in [-0.15, -0.1) is 0 Å². The number of hydrogen-bond donors (Lipinski definition) is 2. The monoisotopic (exact) mass is 291 g/mol. The third-order valence-electron chi connectivity index (χ3n) is 4.45. The minimum absolute atomic E-state index is 0.312. The van der Waals surface area contributed by atoms with Gasteiger partial charge in [0.15, 0.2) is 0 Å². The molecule has 1 fully saturated rings. The Kier molecular flexibility index (Phi) is 6.96.